The fraction of sp³-hybridized carbons (Fsp3) is 0.167. The predicted octanol–water partition coefficient (Wildman–Crippen LogP) is 2.70. The number of hydrogen-bond donors (Lipinski definition) is 2. The largest absolute Gasteiger partial charge is 2.00 e. The van der Waals surface area contributed by atoms with E-state index in [1.807, 2.05) is 0 Å². The molecule has 0 spiro atoms. The van der Waals surface area contributed by atoms with E-state index in [0.717, 1.165) is 6.08 Å². The maximum atomic E-state index is 11.0. The van der Waals surface area contributed by atoms with Gasteiger partial charge in [-0.15, -0.1) is 0 Å². The van der Waals surface area contributed by atoms with Crippen LogP contribution >= 0.6 is 23.2 Å². The minimum absolute atomic E-state index is 0. The van der Waals surface area contributed by atoms with Gasteiger partial charge in [-0.3, -0.25) is 0 Å². The molecule has 1 aromatic carbocycles. The Hall–Kier alpha value is -0.954. The van der Waals surface area contributed by atoms with Crippen LogP contribution in [0.25, 0.3) is 0 Å². The van der Waals surface area contributed by atoms with E-state index in [1.165, 1.54) is 25.1 Å². The molecule has 1 aromatic rings. The fourth-order valence-corrected chi connectivity index (χ4v) is 1.61. The molecule has 0 aliphatic carbocycles. The van der Waals surface area contributed by atoms with Crippen LogP contribution in [0.5, 0.6) is 5.75 Å². The van der Waals surface area contributed by atoms with Crippen molar-refractivity contribution < 1.29 is 27.4 Å². The van der Waals surface area contributed by atoms with Crippen molar-refractivity contribution in [3.63, 3.8) is 0 Å². The number of benzene rings is 1. The monoisotopic (exact) mass is 330 g/mol. The minimum Gasteiger partial charge on any atom is -1.00 e. The van der Waals surface area contributed by atoms with Gasteiger partial charge in [0.2, 0.25) is 6.10 Å². The van der Waals surface area contributed by atoms with Crippen molar-refractivity contribution in [2.75, 3.05) is 0 Å². The first-order chi connectivity index (χ1) is 8.81. The van der Waals surface area contributed by atoms with Crippen molar-refractivity contribution in [1.29, 1.82) is 0 Å². The Morgan fingerprint density at radius 2 is 1.95 bits per heavy atom. The second kappa shape index (κ2) is 8.36. The van der Waals surface area contributed by atoms with Gasteiger partial charge >= 0.3 is 35.0 Å². The van der Waals surface area contributed by atoms with Crippen molar-refractivity contribution in [1.82, 2.24) is 0 Å². The molecule has 0 bridgehead atoms. The molecule has 0 aromatic heterocycles. The molecule has 1 unspecified atom stereocenters. The van der Waals surface area contributed by atoms with Gasteiger partial charge in [0.25, 0.3) is 0 Å². The number of aliphatic carboxylic acids is 2. The molecular formula is C12H12Cl2MgO5. The number of rotatable bonds is 5. The third-order valence-corrected chi connectivity index (χ3v) is 2.66. The summed E-state index contributed by atoms with van der Waals surface area (Å²) in [4.78, 5) is 21.7. The number of hydrogen-bond acceptors (Lipinski definition) is 3. The number of carboxylic acid groups (broad SMARTS) is 2. The molecule has 0 fully saturated rings. The van der Waals surface area contributed by atoms with Crippen LogP contribution in [-0.4, -0.2) is 51.3 Å². The van der Waals surface area contributed by atoms with Crippen LogP contribution in [0.1, 0.15) is 9.78 Å². The van der Waals surface area contributed by atoms with Crippen LogP contribution in [0.2, 0.25) is 10.0 Å². The predicted molar refractivity (Wildman–Crippen MR) is 77.9 cm³/mol. The van der Waals surface area contributed by atoms with Crippen molar-refractivity contribution >= 4 is 58.2 Å². The van der Waals surface area contributed by atoms with Crippen LogP contribution in [0.3, 0.4) is 0 Å². The van der Waals surface area contributed by atoms with Gasteiger partial charge in [0.05, 0.1) is 5.02 Å². The second-order valence-corrected chi connectivity index (χ2v) is 4.45. The van der Waals surface area contributed by atoms with Crippen molar-refractivity contribution in [2.45, 2.75) is 13.0 Å². The van der Waals surface area contributed by atoms with Crippen LogP contribution in [-0.2, 0) is 9.59 Å². The third-order valence-electron chi connectivity index (χ3n) is 2.13. The van der Waals surface area contributed by atoms with Gasteiger partial charge in [-0.2, -0.15) is 0 Å². The summed E-state index contributed by atoms with van der Waals surface area (Å²) in [6.45, 7) is 1.27. The molecule has 8 heteroatoms. The van der Waals surface area contributed by atoms with Gasteiger partial charge in [-0.05, 0) is 31.2 Å². The maximum absolute atomic E-state index is 11.0. The van der Waals surface area contributed by atoms with E-state index in [4.69, 9.17) is 38.2 Å². The van der Waals surface area contributed by atoms with Crippen LogP contribution in [0.4, 0.5) is 0 Å². The normalized spacial score (nSPS) is 12.2. The van der Waals surface area contributed by atoms with Crippen molar-refractivity contribution in [2.24, 2.45) is 0 Å². The Balaban J connectivity index is -0.00000120. The van der Waals surface area contributed by atoms with Crippen molar-refractivity contribution in [3.8, 4) is 5.75 Å². The Kier molecular flexibility index (Phi) is 7.96. The first kappa shape index (κ1) is 19.0. The summed E-state index contributed by atoms with van der Waals surface area (Å²) in [6, 6.07) is 4.28. The van der Waals surface area contributed by atoms with Gasteiger partial charge in [0.1, 0.15) is 5.75 Å². The summed E-state index contributed by atoms with van der Waals surface area (Å²) < 4.78 is 5.15. The molecule has 0 saturated heterocycles. The molecular weight excluding hydrogens is 319 g/mol. The molecule has 106 valence electrons. The van der Waals surface area contributed by atoms with E-state index in [0.29, 0.717) is 5.02 Å². The Morgan fingerprint density at radius 1 is 1.35 bits per heavy atom. The van der Waals surface area contributed by atoms with E-state index >= 15 is 0 Å². The number of carbonyl (C=O) groups is 2. The molecule has 2 N–H and O–H groups in total. The Labute approximate surface area is 144 Å². The van der Waals surface area contributed by atoms with E-state index in [9.17, 15) is 9.59 Å². The van der Waals surface area contributed by atoms with E-state index in [1.54, 1.807) is 0 Å². The molecule has 0 radical (unpaired) electrons. The molecule has 0 amide bonds. The molecule has 20 heavy (non-hydrogen) atoms. The molecule has 0 heterocycles. The SMILES string of the molecule is CC(=CC(Oc1ccc(Cl)cc1Cl)C(=O)O)C(=O)O.[H-].[H-].[Mg+2]. The number of carboxylic acids is 2. The smallest absolute Gasteiger partial charge is 1.00 e. The van der Waals surface area contributed by atoms with Gasteiger partial charge in [-0.25, -0.2) is 9.59 Å². The van der Waals surface area contributed by atoms with Crippen LogP contribution in [0.15, 0.2) is 29.8 Å². The zero-order valence-electron chi connectivity index (χ0n) is 12.5. The van der Waals surface area contributed by atoms with E-state index < -0.39 is 18.0 Å². The summed E-state index contributed by atoms with van der Waals surface area (Å²) in [7, 11) is 0. The molecule has 5 nitrogen and oxygen atoms in total. The van der Waals surface area contributed by atoms with Crippen LogP contribution < -0.4 is 4.74 Å². The topological polar surface area (TPSA) is 83.8 Å². The third kappa shape index (κ3) is 5.58. The molecule has 0 aliphatic rings. The molecule has 0 saturated carbocycles. The van der Waals surface area contributed by atoms with Gasteiger partial charge in [0, 0.05) is 10.6 Å². The van der Waals surface area contributed by atoms with Gasteiger partial charge < -0.3 is 17.8 Å². The van der Waals surface area contributed by atoms with Crippen LogP contribution in [0, 0.1) is 0 Å². The number of halogens is 2. The zero-order valence-corrected chi connectivity index (χ0v) is 13.4. The minimum atomic E-state index is -1.45. The van der Waals surface area contributed by atoms with Crippen molar-refractivity contribution in [3.05, 3.63) is 39.9 Å². The summed E-state index contributed by atoms with van der Waals surface area (Å²) in [5, 5.41) is 18.2. The standard InChI is InChI=1S/C12H10Cl2O5.Mg.2H/c1-6(11(15)16)4-10(12(17)18)19-9-3-2-7(13)5-8(9)14;;;/h2-5,10H,1H3,(H,15,16)(H,17,18);;;/q;+2;2*-1. The summed E-state index contributed by atoms with van der Waals surface area (Å²) in [5.41, 5.74) is -0.141. The zero-order chi connectivity index (χ0) is 14.6. The van der Waals surface area contributed by atoms with E-state index in [-0.39, 0.29) is 42.3 Å². The fourth-order valence-electron chi connectivity index (χ4n) is 1.16. The second-order valence-electron chi connectivity index (χ2n) is 3.61. The molecule has 0 aliphatic heterocycles. The summed E-state index contributed by atoms with van der Waals surface area (Å²) in [5.74, 6) is -2.45. The molecule has 1 atom stereocenters. The molecule has 1 rings (SSSR count). The van der Waals surface area contributed by atoms with E-state index in [2.05, 4.69) is 0 Å². The summed E-state index contributed by atoms with van der Waals surface area (Å²) in [6.07, 6.45) is -0.468. The van der Waals surface area contributed by atoms with Gasteiger partial charge in [-0.1, -0.05) is 23.2 Å². The Morgan fingerprint density at radius 3 is 2.40 bits per heavy atom. The Bertz CT molecular complexity index is 554. The first-order valence-electron chi connectivity index (χ1n) is 5.07. The average molecular weight is 331 g/mol. The maximum Gasteiger partial charge on any atom is 2.00 e. The number of ether oxygens (including phenoxy) is 1. The van der Waals surface area contributed by atoms with Gasteiger partial charge in [0.15, 0.2) is 0 Å². The average Bonchev–Trinajstić information content (AvgIpc) is 2.30. The summed E-state index contributed by atoms with van der Waals surface area (Å²) >= 11 is 11.5. The quantitative estimate of drug-likeness (QED) is 0.640. The first-order valence-corrected chi connectivity index (χ1v) is 5.83.